The number of hydrogen-bond donors (Lipinski definition) is 0. The maximum atomic E-state index is 5.74. The molecule has 1 aliphatic rings. The summed E-state index contributed by atoms with van der Waals surface area (Å²) in [5, 5.41) is 0. The summed E-state index contributed by atoms with van der Waals surface area (Å²) in [6.07, 6.45) is 6.22. The number of rotatable bonds is 4. The van der Waals surface area contributed by atoms with Crippen LogP contribution in [-0.4, -0.2) is 9.76 Å². The van der Waals surface area contributed by atoms with Gasteiger partial charge in [0.25, 0.3) is 0 Å². The predicted molar refractivity (Wildman–Crippen MR) is 55.8 cm³/mol. The fourth-order valence-corrected chi connectivity index (χ4v) is 2.57. The van der Waals surface area contributed by atoms with Crippen LogP contribution in [0.5, 0.6) is 0 Å². The van der Waals surface area contributed by atoms with Crippen LogP contribution in [0, 0.1) is 11.8 Å². The highest BCUT2D eigenvalue weighted by Crippen LogP contribution is 2.34. The highest BCUT2D eigenvalue weighted by atomic mass is 28.2. The van der Waals surface area contributed by atoms with Gasteiger partial charge in [0, 0.05) is 5.92 Å². The molecule has 0 aromatic heterocycles. The van der Waals surface area contributed by atoms with Crippen molar-refractivity contribution in [3.8, 4) is 0 Å². The van der Waals surface area contributed by atoms with Crippen molar-refractivity contribution in [2.45, 2.75) is 39.7 Å². The number of hydrogen-bond acceptors (Lipinski definition) is 1. The first-order valence-corrected chi connectivity index (χ1v) is 7.15. The Morgan fingerprint density at radius 2 is 2.25 bits per heavy atom. The van der Waals surface area contributed by atoms with Crippen LogP contribution < -0.4 is 0 Å². The molecule has 0 aromatic rings. The normalized spacial score (nSPS) is 29.8. The van der Waals surface area contributed by atoms with Crippen LogP contribution in [0.2, 0.25) is 6.55 Å². The van der Waals surface area contributed by atoms with Gasteiger partial charge in [-0.05, 0) is 37.8 Å². The second kappa shape index (κ2) is 4.70. The van der Waals surface area contributed by atoms with Gasteiger partial charge in [-0.1, -0.05) is 13.8 Å². The van der Waals surface area contributed by atoms with Crippen molar-refractivity contribution in [2.75, 3.05) is 0 Å². The third-order valence-corrected chi connectivity index (χ3v) is 3.34. The monoisotopic (exact) mass is 184 g/mol. The molecule has 2 atom stereocenters. The zero-order chi connectivity index (χ0) is 8.97. The van der Waals surface area contributed by atoms with Crippen molar-refractivity contribution >= 4 is 9.76 Å². The molecule has 0 N–H and O–H groups in total. The quantitative estimate of drug-likeness (QED) is 0.610. The van der Waals surface area contributed by atoms with Gasteiger partial charge < -0.3 is 4.43 Å². The highest BCUT2D eigenvalue weighted by Gasteiger charge is 2.24. The smallest absolute Gasteiger partial charge is 0.216 e. The summed E-state index contributed by atoms with van der Waals surface area (Å²) in [4.78, 5) is 0. The van der Waals surface area contributed by atoms with E-state index in [1.54, 1.807) is 0 Å². The Bertz CT molecular complexity index is 165. The Kier molecular flexibility index (Phi) is 3.86. The third-order valence-electron chi connectivity index (χ3n) is 2.72. The summed E-state index contributed by atoms with van der Waals surface area (Å²) < 4.78 is 5.74. The van der Waals surface area contributed by atoms with Crippen molar-refractivity contribution < 1.29 is 4.43 Å². The Hall–Kier alpha value is -0.243. The molecule has 0 saturated heterocycles. The molecule has 1 rings (SSSR count). The van der Waals surface area contributed by atoms with E-state index in [4.69, 9.17) is 4.43 Å². The second-order valence-electron chi connectivity index (χ2n) is 3.51. The molecule has 2 heteroatoms. The van der Waals surface area contributed by atoms with Gasteiger partial charge in [-0.3, -0.25) is 0 Å². The fraction of sp³-hybridized carbons (Fsp3) is 0.800. The van der Waals surface area contributed by atoms with Crippen LogP contribution in [0.25, 0.3) is 0 Å². The van der Waals surface area contributed by atoms with Gasteiger partial charge in [0.15, 0.2) is 0 Å². The first-order chi connectivity index (χ1) is 5.81. The van der Waals surface area contributed by atoms with Gasteiger partial charge in [0.05, 0.1) is 5.76 Å². The molecule has 70 valence electrons. The van der Waals surface area contributed by atoms with E-state index in [0.717, 1.165) is 11.8 Å². The van der Waals surface area contributed by atoms with E-state index in [1.807, 2.05) is 0 Å². The maximum Gasteiger partial charge on any atom is 0.216 e. The van der Waals surface area contributed by atoms with Crippen molar-refractivity contribution in [3.05, 3.63) is 11.8 Å². The van der Waals surface area contributed by atoms with Gasteiger partial charge in [0.1, 0.15) is 0 Å². The van der Waals surface area contributed by atoms with Gasteiger partial charge in [-0.15, -0.1) is 0 Å². The summed E-state index contributed by atoms with van der Waals surface area (Å²) in [5.41, 5.74) is 0. The van der Waals surface area contributed by atoms with Crippen molar-refractivity contribution in [3.63, 3.8) is 0 Å². The topological polar surface area (TPSA) is 9.23 Å². The molecule has 0 radical (unpaired) electrons. The van der Waals surface area contributed by atoms with Crippen LogP contribution in [0.15, 0.2) is 11.8 Å². The van der Waals surface area contributed by atoms with Crippen molar-refractivity contribution in [1.29, 1.82) is 0 Å². The molecule has 0 aromatic carbocycles. The molecule has 0 aliphatic heterocycles. The van der Waals surface area contributed by atoms with E-state index < -0.39 is 0 Å². The maximum absolute atomic E-state index is 5.74. The zero-order valence-corrected chi connectivity index (χ0v) is 9.88. The van der Waals surface area contributed by atoms with E-state index in [0.29, 0.717) is 0 Å². The third kappa shape index (κ3) is 2.13. The lowest BCUT2D eigenvalue weighted by Gasteiger charge is -2.13. The molecule has 0 amide bonds. The Morgan fingerprint density at radius 1 is 1.50 bits per heavy atom. The van der Waals surface area contributed by atoms with E-state index in [9.17, 15) is 0 Å². The van der Waals surface area contributed by atoms with E-state index in [2.05, 4.69) is 26.5 Å². The molecule has 0 heterocycles. The van der Waals surface area contributed by atoms with Crippen LogP contribution in [0.4, 0.5) is 0 Å². The molecular formula is C10H20OSi. The fourth-order valence-electron chi connectivity index (χ4n) is 1.90. The molecule has 1 aliphatic carbocycles. The van der Waals surface area contributed by atoms with E-state index in [-0.39, 0.29) is 9.76 Å². The van der Waals surface area contributed by atoms with Crippen LogP contribution in [-0.2, 0) is 4.43 Å². The SMILES string of the molecule is CCC1C=C(O[SiH2]C)C(CC)C1. The van der Waals surface area contributed by atoms with Gasteiger partial charge >= 0.3 is 0 Å². The second-order valence-corrected chi connectivity index (χ2v) is 4.38. The van der Waals surface area contributed by atoms with Crippen LogP contribution in [0.1, 0.15) is 33.1 Å². The lowest BCUT2D eigenvalue weighted by Crippen LogP contribution is -2.03. The summed E-state index contributed by atoms with van der Waals surface area (Å²) in [7, 11) is -0.255. The molecular weight excluding hydrogens is 164 g/mol. The van der Waals surface area contributed by atoms with E-state index in [1.165, 1.54) is 25.0 Å². The van der Waals surface area contributed by atoms with Crippen LogP contribution in [0.3, 0.4) is 0 Å². The van der Waals surface area contributed by atoms with E-state index >= 15 is 0 Å². The zero-order valence-electron chi connectivity index (χ0n) is 8.47. The van der Waals surface area contributed by atoms with Gasteiger partial charge in [-0.2, -0.15) is 0 Å². The first kappa shape index (κ1) is 9.84. The minimum atomic E-state index is -0.255. The van der Waals surface area contributed by atoms with Gasteiger partial charge in [-0.25, -0.2) is 0 Å². The van der Waals surface area contributed by atoms with Crippen LogP contribution >= 0.6 is 0 Å². The molecule has 12 heavy (non-hydrogen) atoms. The van der Waals surface area contributed by atoms with Gasteiger partial charge in [0.2, 0.25) is 9.76 Å². The van der Waals surface area contributed by atoms with Crippen molar-refractivity contribution in [2.24, 2.45) is 11.8 Å². The molecule has 0 bridgehead atoms. The summed E-state index contributed by atoms with van der Waals surface area (Å²) >= 11 is 0. The molecule has 1 nitrogen and oxygen atoms in total. The van der Waals surface area contributed by atoms with Crippen molar-refractivity contribution in [1.82, 2.24) is 0 Å². The lowest BCUT2D eigenvalue weighted by molar-refractivity contribution is 0.358. The average molecular weight is 184 g/mol. The number of allylic oxidation sites excluding steroid dienone is 2. The standard InChI is InChI=1S/C10H20OSi/c1-4-8-6-9(5-2)10(7-8)11-12-3/h7-9H,4-6,12H2,1-3H3. The minimum absolute atomic E-state index is 0.255. The summed E-state index contributed by atoms with van der Waals surface area (Å²) in [6, 6.07) is 0. The average Bonchev–Trinajstić information content (AvgIpc) is 2.48. The largest absolute Gasteiger partial charge is 0.553 e. The molecule has 0 fully saturated rings. The lowest BCUT2D eigenvalue weighted by atomic mass is 9.99. The Balaban J connectivity index is 2.53. The Morgan fingerprint density at radius 3 is 2.75 bits per heavy atom. The summed E-state index contributed by atoms with van der Waals surface area (Å²) in [5.74, 6) is 2.85. The highest BCUT2D eigenvalue weighted by molar-refractivity contribution is 6.25. The molecule has 0 saturated carbocycles. The summed E-state index contributed by atoms with van der Waals surface area (Å²) in [6.45, 7) is 6.73. The molecule has 2 unspecified atom stereocenters. The minimum Gasteiger partial charge on any atom is -0.553 e. The predicted octanol–water partition coefficient (Wildman–Crippen LogP) is 2.47. The first-order valence-electron chi connectivity index (χ1n) is 5.16. The molecule has 0 spiro atoms. The Labute approximate surface area is 78.1 Å².